The largest absolute Gasteiger partial charge is 0.502 e. The number of hydrogen-bond donors (Lipinski definition) is 0. The molecule has 0 atom stereocenters. The highest BCUT2D eigenvalue weighted by Crippen LogP contribution is 2.28. The molecular weight excluding hydrogens is 192 g/mol. The van der Waals surface area contributed by atoms with Crippen LogP contribution in [-0.2, 0) is 0 Å². The molecule has 1 aromatic carbocycles. The number of rotatable bonds is 3. The van der Waals surface area contributed by atoms with E-state index in [1.165, 1.54) is 18.2 Å². The van der Waals surface area contributed by atoms with Crippen LogP contribution in [-0.4, -0.2) is 19.3 Å². The van der Waals surface area contributed by atoms with Gasteiger partial charge in [0.25, 0.3) is 5.69 Å². The smallest absolute Gasteiger partial charge is 0.271 e. The van der Waals surface area contributed by atoms with E-state index in [9.17, 15) is 10.1 Å². The second kappa shape index (κ2) is 4.14. The predicted octanol–water partition coefficient (Wildman–Crippen LogP) is 1.75. The van der Waals surface area contributed by atoms with Crippen LogP contribution in [0.2, 0.25) is 5.02 Å². The molecule has 1 rings (SSSR count). The Bertz CT molecular complexity index is 332. The van der Waals surface area contributed by atoms with Gasteiger partial charge in [0.05, 0.1) is 9.95 Å². The Hall–Kier alpha value is -1.23. The van der Waals surface area contributed by atoms with Gasteiger partial charge in [-0.1, -0.05) is 11.6 Å². The van der Waals surface area contributed by atoms with E-state index < -0.39 is 4.92 Å². The standard InChI is InChI=1S/C7H5BClNO3/c8-4-13-7-2-1-5(10(11)12)3-6(7)9/h1-3H,4H2. The molecule has 66 valence electrons. The third kappa shape index (κ3) is 2.35. The van der Waals surface area contributed by atoms with Gasteiger partial charge in [0, 0.05) is 18.6 Å². The molecule has 0 aliphatic carbocycles. The van der Waals surface area contributed by atoms with Crippen LogP contribution in [0.25, 0.3) is 0 Å². The monoisotopic (exact) mass is 197 g/mol. The Kier molecular flexibility index (Phi) is 3.14. The molecule has 0 heterocycles. The molecule has 0 aliphatic heterocycles. The van der Waals surface area contributed by atoms with Crippen molar-refractivity contribution in [3.63, 3.8) is 0 Å². The minimum atomic E-state index is -0.530. The lowest BCUT2D eigenvalue weighted by Gasteiger charge is -2.04. The van der Waals surface area contributed by atoms with Gasteiger partial charge in [-0.3, -0.25) is 10.1 Å². The van der Waals surface area contributed by atoms with E-state index in [-0.39, 0.29) is 17.2 Å². The molecule has 0 amide bonds. The van der Waals surface area contributed by atoms with Crippen LogP contribution in [0.4, 0.5) is 5.69 Å². The normalized spacial score (nSPS) is 9.62. The summed E-state index contributed by atoms with van der Waals surface area (Å²) in [6.45, 7) is -0.0163. The number of benzene rings is 1. The van der Waals surface area contributed by atoms with Gasteiger partial charge in [0.15, 0.2) is 0 Å². The lowest BCUT2D eigenvalue weighted by atomic mass is 10.2. The van der Waals surface area contributed by atoms with E-state index in [0.717, 1.165) is 0 Å². The number of nitrogens with zero attached hydrogens (tertiary/aromatic N) is 1. The molecule has 0 spiro atoms. The third-order valence-electron chi connectivity index (χ3n) is 1.37. The van der Waals surface area contributed by atoms with Gasteiger partial charge in [-0.25, -0.2) is 0 Å². The lowest BCUT2D eigenvalue weighted by Crippen LogP contribution is -1.96. The van der Waals surface area contributed by atoms with Crippen molar-refractivity contribution in [3.05, 3.63) is 33.3 Å². The van der Waals surface area contributed by atoms with Gasteiger partial charge in [-0.2, -0.15) is 0 Å². The summed E-state index contributed by atoms with van der Waals surface area (Å²) in [7, 11) is 5.11. The summed E-state index contributed by atoms with van der Waals surface area (Å²) in [6.07, 6.45) is 0. The molecule has 0 saturated carbocycles. The molecule has 6 heteroatoms. The maximum Gasteiger partial charge on any atom is 0.271 e. The molecule has 0 saturated heterocycles. The summed E-state index contributed by atoms with van der Waals surface area (Å²) >= 11 is 5.67. The Morgan fingerprint density at radius 1 is 1.62 bits per heavy atom. The number of nitro groups is 1. The molecule has 0 bridgehead atoms. The van der Waals surface area contributed by atoms with Crippen molar-refractivity contribution < 1.29 is 9.66 Å². The van der Waals surface area contributed by atoms with Crippen LogP contribution in [0.1, 0.15) is 0 Å². The summed E-state index contributed by atoms with van der Waals surface area (Å²) in [5.41, 5.74) is -0.0747. The lowest BCUT2D eigenvalue weighted by molar-refractivity contribution is -0.384. The average Bonchev–Trinajstić information content (AvgIpc) is 2.08. The first-order valence-electron chi connectivity index (χ1n) is 3.42. The molecule has 1 aromatic rings. The van der Waals surface area contributed by atoms with Crippen LogP contribution < -0.4 is 4.74 Å². The minimum Gasteiger partial charge on any atom is -0.502 e. The molecule has 0 unspecified atom stereocenters. The van der Waals surface area contributed by atoms with Gasteiger partial charge in [-0.05, 0) is 6.07 Å². The quantitative estimate of drug-likeness (QED) is 0.421. The highest BCUT2D eigenvalue weighted by atomic mass is 35.5. The zero-order valence-corrected chi connectivity index (χ0v) is 7.32. The van der Waals surface area contributed by atoms with Gasteiger partial charge >= 0.3 is 0 Å². The van der Waals surface area contributed by atoms with Crippen LogP contribution in [0.5, 0.6) is 5.75 Å². The first-order valence-corrected chi connectivity index (χ1v) is 3.79. The van der Waals surface area contributed by atoms with Crippen molar-refractivity contribution >= 4 is 25.1 Å². The van der Waals surface area contributed by atoms with Crippen molar-refractivity contribution in [2.75, 3.05) is 6.51 Å². The summed E-state index contributed by atoms with van der Waals surface area (Å²) in [5, 5.41) is 10.5. The first kappa shape index (κ1) is 9.86. The maximum absolute atomic E-state index is 10.3. The fourth-order valence-corrected chi connectivity index (χ4v) is 1.04. The van der Waals surface area contributed by atoms with Gasteiger partial charge in [-0.15, -0.1) is 0 Å². The van der Waals surface area contributed by atoms with E-state index in [1.807, 2.05) is 0 Å². The van der Waals surface area contributed by atoms with Crippen LogP contribution >= 0.6 is 11.6 Å². The van der Waals surface area contributed by atoms with Crippen molar-refractivity contribution in [2.45, 2.75) is 0 Å². The molecule has 0 fully saturated rings. The Labute approximate surface area is 81.0 Å². The van der Waals surface area contributed by atoms with Crippen LogP contribution in [0, 0.1) is 10.1 Å². The molecule has 0 aliphatic rings. The van der Waals surface area contributed by atoms with Gasteiger partial charge in [0.2, 0.25) is 0 Å². The Morgan fingerprint density at radius 2 is 2.31 bits per heavy atom. The zero-order valence-electron chi connectivity index (χ0n) is 6.57. The third-order valence-corrected chi connectivity index (χ3v) is 1.66. The van der Waals surface area contributed by atoms with E-state index in [4.69, 9.17) is 24.2 Å². The number of nitro benzene ring substituents is 1. The van der Waals surface area contributed by atoms with Gasteiger partial charge in [0.1, 0.15) is 13.6 Å². The minimum absolute atomic E-state index is 0.0163. The molecule has 4 nitrogen and oxygen atoms in total. The maximum atomic E-state index is 10.3. The Morgan fingerprint density at radius 3 is 2.77 bits per heavy atom. The molecular formula is C7H5BClNO3. The predicted molar refractivity (Wildman–Crippen MR) is 49.4 cm³/mol. The number of non-ortho nitro benzene ring substituents is 1. The fraction of sp³-hybridized carbons (Fsp3) is 0.143. The van der Waals surface area contributed by atoms with Crippen molar-refractivity contribution in [2.24, 2.45) is 0 Å². The molecule has 13 heavy (non-hydrogen) atoms. The molecule has 0 aromatic heterocycles. The van der Waals surface area contributed by atoms with Crippen molar-refractivity contribution in [3.8, 4) is 5.75 Å². The Balaban J connectivity index is 2.98. The van der Waals surface area contributed by atoms with Crippen LogP contribution in [0.3, 0.4) is 0 Å². The zero-order chi connectivity index (χ0) is 9.84. The highest BCUT2D eigenvalue weighted by Gasteiger charge is 2.09. The fourth-order valence-electron chi connectivity index (χ4n) is 0.810. The summed E-state index contributed by atoms with van der Waals surface area (Å²) < 4.78 is 4.89. The second-order valence-corrected chi connectivity index (χ2v) is 2.59. The highest BCUT2D eigenvalue weighted by molar-refractivity contribution is 6.32. The summed E-state index contributed by atoms with van der Waals surface area (Å²) in [6, 6.07) is 3.93. The van der Waals surface area contributed by atoms with Crippen molar-refractivity contribution in [1.82, 2.24) is 0 Å². The molecule has 0 N–H and O–H groups in total. The summed E-state index contributed by atoms with van der Waals surface area (Å²) in [5.74, 6) is 0.342. The van der Waals surface area contributed by atoms with Gasteiger partial charge < -0.3 is 4.74 Å². The first-order chi connectivity index (χ1) is 6.15. The van der Waals surface area contributed by atoms with E-state index in [1.54, 1.807) is 0 Å². The van der Waals surface area contributed by atoms with E-state index in [0.29, 0.717) is 5.75 Å². The van der Waals surface area contributed by atoms with E-state index in [2.05, 4.69) is 0 Å². The van der Waals surface area contributed by atoms with Crippen LogP contribution in [0.15, 0.2) is 18.2 Å². The topological polar surface area (TPSA) is 52.4 Å². The molecule has 2 radical (unpaired) electrons. The average molecular weight is 197 g/mol. The SMILES string of the molecule is [B]COc1ccc([N+](=O)[O-])cc1Cl. The second-order valence-electron chi connectivity index (χ2n) is 2.18. The number of ether oxygens (including phenoxy) is 1. The van der Waals surface area contributed by atoms with E-state index >= 15 is 0 Å². The number of hydrogen-bond acceptors (Lipinski definition) is 3. The summed E-state index contributed by atoms with van der Waals surface area (Å²) in [4.78, 5) is 9.77. The number of halogens is 1. The van der Waals surface area contributed by atoms with Crippen molar-refractivity contribution in [1.29, 1.82) is 0 Å².